The zero-order valence-corrected chi connectivity index (χ0v) is 14.1. The summed E-state index contributed by atoms with van der Waals surface area (Å²) in [5, 5.41) is 9.61. The molecule has 0 aliphatic rings. The molecule has 0 aliphatic carbocycles. The highest BCUT2D eigenvalue weighted by molar-refractivity contribution is 7.92. The minimum absolute atomic E-state index is 0.0253. The molecule has 0 saturated carbocycles. The number of carbonyl (C=O) groups is 1. The molecule has 7 nitrogen and oxygen atoms in total. The predicted molar refractivity (Wildman–Crippen MR) is 85.6 cm³/mol. The van der Waals surface area contributed by atoms with Gasteiger partial charge in [0.2, 0.25) is 11.8 Å². The Hall–Kier alpha value is -2.22. The smallest absolute Gasteiger partial charge is 0.322 e. The number of anilines is 1. The van der Waals surface area contributed by atoms with E-state index in [2.05, 4.69) is 15.5 Å². The van der Waals surface area contributed by atoms with Gasteiger partial charge in [0.05, 0.1) is 10.1 Å². The number of sulfone groups is 1. The van der Waals surface area contributed by atoms with Gasteiger partial charge in [0.15, 0.2) is 9.84 Å². The lowest BCUT2D eigenvalue weighted by Crippen LogP contribution is -2.13. The van der Waals surface area contributed by atoms with Crippen LogP contribution in [0.5, 0.6) is 0 Å². The molecule has 2 aromatic rings. The van der Waals surface area contributed by atoms with Gasteiger partial charge in [-0.15, -0.1) is 5.10 Å². The molecule has 1 heterocycles. The number of hydrogen-bond acceptors (Lipinski definition) is 6. The second-order valence-electron chi connectivity index (χ2n) is 5.33. The van der Waals surface area contributed by atoms with Crippen molar-refractivity contribution in [3.05, 3.63) is 24.3 Å². The van der Waals surface area contributed by atoms with Gasteiger partial charge in [-0.25, -0.2) is 8.42 Å². The van der Waals surface area contributed by atoms with E-state index in [1.54, 1.807) is 26.0 Å². The minimum Gasteiger partial charge on any atom is -0.403 e. The summed E-state index contributed by atoms with van der Waals surface area (Å²) >= 11 is 0. The van der Waals surface area contributed by atoms with E-state index in [0.717, 1.165) is 6.42 Å². The number of nitrogens with zero attached hydrogens (tertiary/aromatic N) is 2. The molecule has 0 atom stereocenters. The van der Waals surface area contributed by atoms with E-state index in [1.807, 2.05) is 6.92 Å². The Morgan fingerprint density at radius 2 is 1.87 bits per heavy atom. The maximum absolute atomic E-state index is 12.1. The maximum Gasteiger partial charge on any atom is 0.322 e. The Bertz CT molecular complexity index is 779. The van der Waals surface area contributed by atoms with Crippen molar-refractivity contribution < 1.29 is 17.6 Å². The Kier molecular flexibility index (Phi) is 5.15. The average Bonchev–Trinajstić information content (AvgIpc) is 2.96. The van der Waals surface area contributed by atoms with E-state index in [1.165, 1.54) is 12.1 Å². The molecule has 0 bridgehead atoms. The lowest BCUT2D eigenvalue weighted by Gasteiger charge is -2.07. The first kappa shape index (κ1) is 17.1. The summed E-state index contributed by atoms with van der Waals surface area (Å²) in [5.41, 5.74) is 0.580. The molecular formula is C15H19N3O4S. The number of rotatable bonds is 6. The van der Waals surface area contributed by atoms with Gasteiger partial charge in [-0.2, -0.15) is 0 Å². The molecule has 0 aliphatic heterocycles. The van der Waals surface area contributed by atoms with Crippen LogP contribution in [0.2, 0.25) is 0 Å². The average molecular weight is 337 g/mol. The Morgan fingerprint density at radius 3 is 2.43 bits per heavy atom. The molecule has 8 heteroatoms. The molecule has 1 aromatic carbocycles. The van der Waals surface area contributed by atoms with Crippen molar-refractivity contribution in [2.24, 2.45) is 0 Å². The van der Waals surface area contributed by atoms with Crippen LogP contribution in [0.1, 0.15) is 33.6 Å². The van der Waals surface area contributed by atoms with Crippen LogP contribution in [-0.4, -0.2) is 29.8 Å². The first-order valence-electron chi connectivity index (χ1n) is 7.32. The van der Waals surface area contributed by atoms with Gasteiger partial charge in [0.25, 0.3) is 0 Å². The molecule has 0 spiro atoms. The van der Waals surface area contributed by atoms with E-state index in [4.69, 9.17) is 4.42 Å². The van der Waals surface area contributed by atoms with Gasteiger partial charge in [0, 0.05) is 12.0 Å². The van der Waals surface area contributed by atoms with Crippen LogP contribution in [0.15, 0.2) is 33.6 Å². The standard InChI is InChI=1S/C15H19N3O4S/c1-4-5-13(19)16-15-18-17-14(22-15)11-6-8-12(9-7-11)23(20,21)10(2)3/h6-10H,4-5H2,1-3H3,(H,16,18,19). The number of benzene rings is 1. The van der Waals surface area contributed by atoms with Gasteiger partial charge >= 0.3 is 6.01 Å². The molecule has 0 unspecified atom stereocenters. The van der Waals surface area contributed by atoms with E-state index in [9.17, 15) is 13.2 Å². The van der Waals surface area contributed by atoms with Crippen LogP contribution in [0, 0.1) is 0 Å². The summed E-state index contributed by atoms with van der Waals surface area (Å²) in [5.74, 6) is 0.0198. The molecular weight excluding hydrogens is 318 g/mol. The van der Waals surface area contributed by atoms with Crippen molar-refractivity contribution in [1.82, 2.24) is 10.2 Å². The summed E-state index contributed by atoms with van der Waals surface area (Å²) < 4.78 is 29.5. The van der Waals surface area contributed by atoms with Crippen LogP contribution >= 0.6 is 0 Å². The zero-order chi connectivity index (χ0) is 17.0. The normalized spacial score (nSPS) is 11.7. The number of amides is 1. The van der Waals surface area contributed by atoms with E-state index >= 15 is 0 Å². The molecule has 1 N–H and O–H groups in total. The van der Waals surface area contributed by atoms with Crippen molar-refractivity contribution in [2.45, 2.75) is 43.8 Å². The number of nitrogens with one attached hydrogen (secondary N) is 1. The Labute approximate surface area is 135 Å². The van der Waals surface area contributed by atoms with Crippen molar-refractivity contribution >= 4 is 21.8 Å². The summed E-state index contributed by atoms with van der Waals surface area (Å²) in [4.78, 5) is 11.7. The SMILES string of the molecule is CCCC(=O)Nc1nnc(-c2ccc(S(=O)(=O)C(C)C)cc2)o1. The van der Waals surface area contributed by atoms with Crippen LogP contribution in [0.3, 0.4) is 0 Å². The summed E-state index contributed by atoms with van der Waals surface area (Å²) in [6, 6.07) is 6.23. The van der Waals surface area contributed by atoms with Gasteiger partial charge in [-0.1, -0.05) is 12.0 Å². The number of aromatic nitrogens is 2. The van der Waals surface area contributed by atoms with Crippen LogP contribution in [0.4, 0.5) is 6.01 Å². The topological polar surface area (TPSA) is 102 Å². The summed E-state index contributed by atoms with van der Waals surface area (Å²) in [6.45, 7) is 5.16. The second-order valence-corrected chi connectivity index (χ2v) is 7.83. The molecule has 23 heavy (non-hydrogen) atoms. The second kappa shape index (κ2) is 6.91. The van der Waals surface area contributed by atoms with E-state index in [0.29, 0.717) is 12.0 Å². The van der Waals surface area contributed by atoms with Gasteiger partial charge in [-0.3, -0.25) is 10.1 Å². The summed E-state index contributed by atoms with van der Waals surface area (Å²) in [7, 11) is -3.32. The molecule has 0 radical (unpaired) electrons. The fraction of sp³-hybridized carbons (Fsp3) is 0.400. The highest BCUT2D eigenvalue weighted by Crippen LogP contribution is 2.23. The number of hydrogen-bond donors (Lipinski definition) is 1. The highest BCUT2D eigenvalue weighted by atomic mass is 32.2. The van der Waals surface area contributed by atoms with Crippen LogP contribution < -0.4 is 5.32 Å². The van der Waals surface area contributed by atoms with Crippen molar-refractivity contribution in [2.75, 3.05) is 5.32 Å². The van der Waals surface area contributed by atoms with E-state index < -0.39 is 15.1 Å². The fourth-order valence-electron chi connectivity index (χ4n) is 1.86. The van der Waals surface area contributed by atoms with Gasteiger partial charge < -0.3 is 4.42 Å². The van der Waals surface area contributed by atoms with Gasteiger partial charge in [-0.05, 0) is 44.5 Å². The number of carbonyl (C=O) groups excluding carboxylic acids is 1. The monoisotopic (exact) mass is 337 g/mol. The quantitative estimate of drug-likeness (QED) is 0.869. The third-order valence-corrected chi connectivity index (χ3v) is 5.37. The molecule has 1 amide bonds. The first-order valence-corrected chi connectivity index (χ1v) is 8.87. The van der Waals surface area contributed by atoms with Gasteiger partial charge in [0.1, 0.15) is 0 Å². The van der Waals surface area contributed by atoms with Crippen LogP contribution in [-0.2, 0) is 14.6 Å². The third-order valence-electron chi connectivity index (χ3n) is 3.20. The minimum atomic E-state index is -3.32. The highest BCUT2D eigenvalue weighted by Gasteiger charge is 2.19. The third kappa shape index (κ3) is 3.95. The maximum atomic E-state index is 12.1. The molecule has 1 aromatic heterocycles. The van der Waals surface area contributed by atoms with Crippen molar-refractivity contribution in [1.29, 1.82) is 0 Å². The Morgan fingerprint density at radius 1 is 1.22 bits per heavy atom. The predicted octanol–water partition coefficient (Wildman–Crippen LogP) is 2.66. The first-order chi connectivity index (χ1) is 10.8. The van der Waals surface area contributed by atoms with Crippen molar-refractivity contribution in [3.63, 3.8) is 0 Å². The largest absolute Gasteiger partial charge is 0.403 e. The molecule has 2 rings (SSSR count). The van der Waals surface area contributed by atoms with Crippen molar-refractivity contribution in [3.8, 4) is 11.5 Å². The van der Waals surface area contributed by atoms with Crippen LogP contribution in [0.25, 0.3) is 11.5 Å². The molecule has 0 saturated heterocycles. The van der Waals surface area contributed by atoms with E-state index in [-0.39, 0.29) is 22.7 Å². The summed E-state index contributed by atoms with van der Waals surface area (Å²) in [6.07, 6.45) is 1.10. The molecule has 124 valence electrons. The fourth-order valence-corrected chi connectivity index (χ4v) is 2.92. The molecule has 0 fully saturated rings. The Balaban J connectivity index is 2.18. The lowest BCUT2D eigenvalue weighted by atomic mass is 10.2. The zero-order valence-electron chi connectivity index (χ0n) is 13.2. The lowest BCUT2D eigenvalue weighted by molar-refractivity contribution is -0.116.